The molecule has 0 bridgehead atoms. The second-order valence-electron chi connectivity index (χ2n) is 8.21. The number of hydrogen-bond donors (Lipinski definition) is 3. The average Bonchev–Trinajstić information content (AvgIpc) is 3.42. The third-order valence-electron chi connectivity index (χ3n) is 5.44. The van der Waals surface area contributed by atoms with Crippen LogP contribution in [0.15, 0.2) is 18.6 Å². The van der Waals surface area contributed by atoms with Crippen molar-refractivity contribution in [3.8, 4) is 0 Å². The Kier molecular flexibility index (Phi) is 6.92. The number of halogens is 4. The van der Waals surface area contributed by atoms with Gasteiger partial charge in [-0.05, 0) is 0 Å². The lowest BCUT2D eigenvalue weighted by Crippen LogP contribution is -2.46. The number of hydrogen-bond acceptors (Lipinski definition) is 9. The Morgan fingerprint density at radius 2 is 1.91 bits per heavy atom. The van der Waals surface area contributed by atoms with E-state index in [0.717, 1.165) is 6.92 Å². The van der Waals surface area contributed by atoms with Crippen molar-refractivity contribution in [1.29, 1.82) is 0 Å². The fraction of sp³-hybridized carbons (Fsp3) is 0.611. The van der Waals surface area contributed by atoms with Crippen LogP contribution in [0.5, 0.6) is 0 Å². The van der Waals surface area contributed by atoms with E-state index in [-0.39, 0.29) is 24.2 Å². The van der Waals surface area contributed by atoms with Crippen molar-refractivity contribution in [3.05, 3.63) is 23.6 Å². The number of aromatic nitrogens is 4. The topological polar surface area (TPSA) is 132 Å². The third-order valence-corrected chi connectivity index (χ3v) is 7.32. The van der Waals surface area contributed by atoms with Crippen LogP contribution in [0.1, 0.15) is 6.92 Å². The molecule has 0 saturated carbocycles. The van der Waals surface area contributed by atoms with Gasteiger partial charge in [-0.2, -0.15) is 23.3 Å². The Morgan fingerprint density at radius 3 is 2.56 bits per heavy atom. The van der Waals surface area contributed by atoms with Crippen molar-refractivity contribution in [2.45, 2.75) is 37.4 Å². The maximum Gasteiger partial charge on any atom is 0.392 e. The quantitative estimate of drug-likeness (QED) is 0.470. The molecule has 3 N–H and O–H groups in total. The predicted molar refractivity (Wildman–Crippen MR) is 116 cm³/mol. The van der Waals surface area contributed by atoms with Crippen molar-refractivity contribution in [1.82, 2.24) is 24.5 Å². The van der Waals surface area contributed by atoms with Crippen LogP contribution in [0.2, 0.25) is 5.02 Å². The second kappa shape index (κ2) is 9.45. The van der Waals surface area contributed by atoms with E-state index in [2.05, 4.69) is 30.4 Å². The van der Waals surface area contributed by atoms with Crippen LogP contribution >= 0.6 is 11.6 Å². The molecular weight excluding hydrogens is 503 g/mol. The molecule has 2 aliphatic heterocycles. The number of anilines is 3. The maximum absolute atomic E-state index is 12.8. The number of rotatable bonds is 8. The number of aryl methyl sites for hydroxylation is 1. The number of alkyl halides is 3. The molecule has 0 spiro atoms. The molecule has 0 amide bonds. The van der Waals surface area contributed by atoms with Gasteiger partial charge in [0, 0.05) is 13.2 Å². The molecule has 2 aromatic rings. The Balaban J connectivity index is 1.39. The SMILES string of the molecule is CC(CS(=O)(=O)NC1COC2C(Nc3nc(Nc4cnn(C)c4)ncc3Cl)COC12)C(F)(F)F. The molecule has 2 fully saturated rings. The van der Waals surface area contributed by atoms with Crippen molar-refractivity contribution in [3.63, 3.8) is 0 Å². The summed E-state index contributed by atoms with van der Waals surface area (Å²) in [6, 6.07) is -1.24. The summed E-state index contributed by atoms with van der Waals surface area (Å²) in [5.41, 5.74) is 0.675. The fourth-order valence-electron chi connectivity index (χ4n) is 3.75. The Bertz CT molecular complexity index is 1130. The van der Waals surface area contributed by atoms with E-state index in [4.69, 9.17) is 21.1 Å². The summed E-state index contributed by atoms with van der Waals surface area (Å²) < 4.78 is 78.1. The molecule has 34 heavy (non-hydrogen) atoms. The molecule has 0 aromatic carbocycles. The zero-order valence-corrected chi connectivity index (χ0v) is 19.7. The van der Waals surface area contributed by atoms with Gasteiger partial charge in [-0.25, -0.2) is 18.1 Å². The number of nitrogens with one attached hydrogen (secondary N) is 3. The Morgan fingerprint density at radius 1 is 1.24 bits per heavy atom. The van der Waals surface area contributed by atoms with E-state index in [0.29, 0.717) is 11.5 Å². The van der Waals surface area contributed by atoms with E-state index in [1.54, 1.807) is 24.1 Å². The molecule has 0 aliphatic carbocycles. The average molecular weight is 526 g/mol. The van der Waals surface area contributed by atoms with E-state index in [1.807, 2.05) is 0 Å². The monoisotopic (exact) mass is 525 g/mol. The highest BCUT2D eigenvalue weighted by Gasteiger charge is 2.49. The molecule has 2 aromatic heterocycles. The summed E-state index contributed by atoms with van der Waals surface area (Å²) in [4.78, 5) is 8.48. The first-order valence-corrected chi connectivity index (χ1v) is 12.3. The summed E-state index contributed by atoms with van der Waals surface area (Å²) in [6.45, 7) is 0.929. The molecule has 5 atom stereocenters. The lowest BCUT2D eigenvalue weighted by Gasteiger charge is -2.20. The smallest absolute Gasteiger partial charge is 0.371 e. The molecule has 4 heterocycles. The minimum Gasteiger partial charge on any atom is -0.371 e. The molecule has 2 aliphatic rings. The van der Waals surface area contributed by atoms with Crippen molar-refractivity contribution in [2.75, 3.05) is 29.6 Å². The first-order valence-electron chi connectivity index (χ1n) is 10.3. The standard InChI is InChI=1S/C18H23ClF3N7O4S/c1-9(18(20,21)22)8-34(30,31)28-13-7-33-14-12(6-32-15(13)14)26-16-11(19)4-23-17(27-16)25-10-3-24-29(2)5-10/h3-5,9,12-15,28H,6-8H2,1-2H3,(H2,23,25,26,27). The van der Waals surface area contributed by atoms with Gasteiger partial charge in [0.25, 0.3) is 0 Å². The second-order valence-corrected chi connectivity index (χ2v) is 10.4. The minimum absolute atomic E-state index is 0.0432. The van der Waals surface area contributed by atoms with Gasteiger partial charge in [0.2, 0.25) is 16.0 Å². The van der Waals surface area contributed by atoms with Crippen molar-refractivity contribution >= 4 is 39.1 Å². The van der Waals surface area contributed by atoms with Crippen LogP contribution in [0.3, 0.4) is 0 Å². The fourth-order valence-corrected chi connectivity index (χ4v) is 5.50. The molecular formula is C18H23ClF3N7O4S. The molecule has 0 radical (unpaired) electrons. The van der Waals surface area contributed by atoms with Gasteiger partial charge in [-0.1, -0.05) is 18.5 Å². The Labute approximate surface area is 198 Å². The third kappa shape index (κ3) is 5.71. The van der Waals surface area contributed by atoms with Gasteiger partial charge in [0.05, 0.1) is 55.0 Å². The van der Waals surface area contributed by atoms with Gasteiger partial charge in [0.1, 0.15) is 17.2 Å². The predicted octanol–water partition coefficient (Wildman–Crippen LogP) is 1.67. The zero-order valence-electron chi connectivity index (χ0n) is 18.1. The lowest BCUT2D eigenvalue weighted by atomic mass is 10.1. The van der Waals surface area contributed by atoms with Crippen LogP contribution < -0.4 is 15.4 Å². The first-order chi connectivity index (χ1) is 15.9. The summed E-state index contributed by atoms with van der Waals surface area (Å²) in [7, 11) is -2.44. The molecule has 2 saturated heterocycles. The van der Waals surface area contributed by atoms with Crippen molar-refractivity contribution in [2.24, 2.45) is 13.0 Å². The van der Waals surface area contributed by atoms with Gasteiger partial charge < -0.3 is 20.1 Å². The van der Waals surface area contributed by atoms with E-state index in [9.17, 15) is 21.6 Å². The summed E-state index contributed by atoms with van der Waals surface area (Å²) in [6.07, 6.45) is -1.09. The van der Waals surface area contributed by atoms with Gasteiger partial charge in [-0.15, -0.1) is 0 Å². The number of ether oxygens (including phenoxy) is 2. The largest absolute Gasteiger partial charge is 0.392 e. The first kappa shape index (κ1) is 24.9. The van der Waals surface area contributed by atoms with Crippen LogP contribution in [-0.2, 0) is 26.5 Å². The van der Waals surface area contributed by atoms with E-state index in [1.165, 1.54) is 6.20 Å². The van der Waals surface area contributed by atoms with Gasteiger partial charge in [0.15, 0.2) is 5.82 Å². The zero-order chi connectivity index (χ0) is 24.7. The Hall–Kier alpha value is -2.20. The normalized spacial score (nSPS) is 25.8. The number of nitrogens with zero attached hydrogens (tertiary/aromatic N) is 4. The molecule has 5 unspecified atom stereocenters. The molecule has 16 heteroatoms. The highest BCUT2D eigenvalue weighted by molar-refractivity contribution is 7.89. The van der Waals surface area contributed by atoms with Crippen LogP contribution in [0, 0.1) is 5.92 Å². The minimum atomic E-state index is -4.61. The van der Waals surface area contributed by atoms with E-state index >= 15 is 0 Å². The highest BCUT2D eigenvalue weighted by Crippen LogP contribution is 2.32. The number of sulfonamides is 1. The molecule has 4 rings (SSSR count). The van der Waals surface area contributed by atoms with Crippen LogP contribution in [0.4, 0.5) is 30.6 Å². The van der Waals surface area contributed by atoms with Gasteiger partial charge in [-0.3, -0.25) is 4.68 Å². The molecule has 188 valence electrons. The number of fused-ring (bicyclic) bond motifs is 1. The summed E-state index contributed by atoms with van der Waals surface area (Å²) >= 11 is 6.23. The highest BCUT2D eigenvalue weighted by atomic mass is 35.5. The maximum atomic E-state index is 12.8. The summed E-state index contributed by atoms with van der Waals surface area (Å²) in [5, 5.41) is 10.4. The van der Waals surface area contributed by atoms with E-state index < -0.39 is 52.2 Å². The van der Waals surface area contributed by atoms with Crippen LogP contribution in [0.25, 0.3) is 0 Å². The van der Waals surface area contributed by atoms with Crippen LogP contribution in [-0.4, -0.2) is 77.6 Å². The molecule has 11 nitrogen and oxygen atoms in total. The van der Waals surface area contributed by atoms with Gasteiger partial charge >= 0.3 is 6.18 Å². The van der Waals surface area contributed by atoms with Crippen molar-refractivity contribution < 1.29 is 31.1 Å². The summed E-state index contributed by atoms with van der Waals surface area (Å²) in [5.74, 6) is -2.50. The lowest BCUT2D eigenvalue weighted by molar-refractivity contribution is -0.163.